The van der Waals surface area contributed by atoms with Crippen molar-refractivity contribution < 1.29 is 4.39 Å². The van der Waals surface area contributed by atoms with Gasteiger partial charge in [0, 0.05) is 24.3 Å². The molecule has 1 unspecified atom stereocenters. The second-order valence-electron chi connectivity index (χ2n) is 5.80. The molecule has 1 heterocycles. The van der Waals surface area contributed by atoms with E-state index in [0.717, 1.165) is 34.5 Å². The van der Waals surface area contributed by atoms with E-state index in [1.807, 2.05) is 45.6 Å². The first kappa shape index (κ1) is 15.7. The summed E-state index contributed by atoms with van der Waals surface area (Å²) >= 11 is 0. The van der Waals surface area contributed by atoms with Gasteiger partial charge in [-0.3, -0.25) is 4.68 Å². The molecule has 114 valence electrons. The average molecular weight is 289 g/mol. The van der Waals surface area contributed by atoms with Crippen LogP contribution in [-0.4, -0.2) is 16.8 Å². The third-order valence-corrected chi connectivity index (χ3v) is 4.24. The largest absolute Gasteiger partial charge is 0.313 e. The monoisotopic (exact) mass is 289 g/mol. The molecule has 0 spiro atoms. The molecule has 0 aliphatic heterocycles. The summed E-state index contributed by atoms with van der Waals surface area (Å²) in [6, 6.07) is 3.59. The summed E-state index contributed by atoms with van der Waals surface area (Å²) in [7, 11) is 3.82. The van der Waals surface area contributed by atoms with Crippen LogP contribution in [0.25, 0.3) is 0 Å². The van der Waals surface area contributed by atoms with Gasteiger partial charge in [-0.15, -0.1) is 0 Å². The van der Waals surface area contributed by atoms with Crippen LogP contribution in [0.4, 0.5) is 4.39 Å². The van der Waals surface area contributed by atoms with Crippen LogP contribution in [0.15, 0.2) is 12.1 Å². The van der Waals surface area contributed by atoms with Gasteiger partial charge < -0.3 is 5.32 Å². The molecular weight excluding hydrogens is 265 g/mol. The lowest BCUT2D eigenvalue weighted by atomic mass is 9.93. The molecule has 4 heteroatoms. The first-order valence-corrected chi connectivity index (χ1v) is 7.28. The number of nitrogens with zero attached hydrogens (tertiary/aromatic N) is 2. The third kappa shape index (κ3) is 3.00. The fraction of sp³-hybridized carbons (Fsp3) is 0.471. The predicted octanol–water partition coefficient (Wildman–Crippen LogP) is 3.30. The van der Waals surface area contributed by atoms with Crippen molar-refractivity contribution in [3.8, 4) is 0 Å². The van der Waals surface area contributed by atoms with E-state index in [-0.39, 0.29) is 11.9 Å². The highest BCUT2D eigenvalue weighted by molar-refractivity contribution is 5.36. The van der Waals surface area contributed by atoms with Gasteiger partial charge in [-0.2, -0.15) is 5.10 Å². The summed E-state index contributed by atoms with van der Waals surface area (Å²) in [5.41, 5.74) is 6.05. The Kier molecular flexibility index (Phi) is 4.47. The summed E-state index contributed by atoms with van der Waals surface area (Å²) in [6.45, 7) is 7.95. The maximum absolute atomic E-state index is 14.4. The first-order chi connectivity index (χ1) is 9.85. The van der Waals surface area contributed by atoms with Crippen molar-refractivity contribution in [2.75, 3.05) is 7.05 Å². The number of halogens is 1. The Bertz CT molecular complexity index is 635. The lowest BCUT2D eigenvalue weighted by molar-refractivity contribution is 0.528. The van der Waals surface area contributed by atoms with Crippen molar-refractivity contribution in [1.82, 2.24) is 15.1 Å². The Morgan fingerprint density at radius 2 is 1.90 bits per heavy atom. The number of benzene rings is 1. The van der Waals surface area contributed by atoms with Gasteiger partial charge in [-0.1, -0.05) is 6.07 Å². The first-order valence-electron chi connectivity index (χ1n) is 7.28. The number of aromatic nitrogens is 2. The second-order valence-corrected chi connectivity index (χ2v) is 5.80. The van der Waals surface area contributed by atoms with Gasteiger partial charge in [0.15, 0.2) is 0 Å². The van der Waals surface area contributed by atoms with E-state index in [9.17, 15) is 4.39 Å². The number of likely N-dealkylation sites (N-methyl/N-ethyl adjacent to an activating group) is 1. The second kappa shape index (κ2) is 5.98. The van der Waals surface area contributed by atoms with Gasteiger partial charge in [0.25, 0.3) is 0 Å². The molecule has 1 atom stereocenters. The lowest BCUT2D eigenvalue weighted by Crippen LogP contribution is -2.22. The van der Waals surface area contributed by atoms with Crippen LogP contribution >= 0.6 is 0 Å². The molecule has 0 bridgehead atoms. The minimum Gasteiger partial charge on any atom is -0.313 e. The highest BCUT2D eigenvalue weighted by Gasteiger charge is 2.21. The third-order valence-electron chi connectivity index (χ3n) is 4.24. The minimum atomic E-state index is -0.133. The Labute approximate surface area is 126 Å². The van der Waals surface area contributed by atoms with Crippen molar-refractivity contribution >= 4 is 0 Å². The van der Waals surface area contributed by atoms with Gasteiger partial charge in [0.1, 0.15) is 5.82 Å². The molecule has 1 aromatic heterocycles. The van der Waals surface area contributed by atoms with Gasteiger partial charge in [0.2, 0.25) is 0 Å². The van der Waals surface area contributed by atoms with Crippen molar-refractivity contribution in [1.29, 1.82) is 0 Å². The summed E-state index contributed by atoms with van der Waals surface area (Å²) in [5, 5.41) is 7.70. The van der Waals surface area contributed by atoms with Crippen LogP contribution in [0, 0.1) is 33.5 Å². The van der Waals surface area contributed by atoms with E-state index in [2.05, 4.69) is 17.3 Å². The summed E-state index contributed by atoms with van der Waals surface area (Å²) in [5.74, 6) is -0.133. The normalized spacial score (nSPS) is 12.7. The molecule has 3 nitrogen and oxygen atoms in total. The van der Waals surface area contributed by atoms with Gasteiger partial charge in [0.05, 0.1) is 5.69 Å². The van der Waals surface area contributed by atoms with Crippen molar-refractivity contribution in [2.45, 2.75) is 40.2 Å². The number of rotatable bonds is 4. The van der Waals surface area contributed by atoms with Gasteiger partial charge in [-0.05, 0) is 63.9 Å². The number of nitrogens with one attached hydrogen (secondary N) is 1. The lowest BCUT2D eigenvalue weighted by Gasteiger charge is -2.20. The predicted molar refractivity (Wildman–Crippen MR) is 84.1 cm³/mol. The molecule has 0 saturated carbocycles. The number of hydrogen-bond acceptors (Lipinski definition) is 2. The molecule has 1 aromatic carbocycles. The molecule has 0 amide bonds. The fourth-order valence-electron chi connectivity index (χ4n) is 3.03. The number of hydrogen-bond donors (Lipinski definition) is 1. The van der Waals surface area contributed by atoms with Crippen molar-refractivity contribution in [2.24, 2.45) is 7.05 Å². The Morgan fingerprint density at radius 1 is 1.24 bits per heavy atom. The average Bonchev–Trinajstić information content (AvgIpc) is 2.62. The Hall–Kier alpha value is -1.68. The zero-order valence-electron chi connectivity index (χ0n) is 13.7. The quantitative estimate of drug-likeness (QED) is 0.936. The van der Waals surface area contributed by atoms with Crippen LogP contribution in [0.1, 0.15) is 39.7 Å². The molecule has 0 fully saturated rings. The summed E-state index contributed by atoms with van der Waals surface area (Å²) < 4.78 is 16.3. The zero-order valence-corrected chi connectivity index (χ0v) is 13.7. The van der Waals surface area contributed by atoms with Crippen LogP contribution in [-0.2, 0) is 13.5 Å². The molecule has 0 aliphatic carbocycles. The molecule has 0 aliphatic rings. The summed E-state index contributed by atoms with van der Waals surface area (Å²) in [6.07, 6.45) is 0.739. The van der Waals surface area contributed by atoms with Crippen LogP contribution in [0.3, 0.4) is 0 Å². The molecule has 0 radical (unpaired) electrons. The zero-order chi connectivity index (χ0) is 15.7. The van der Waals surface area contributed by atoms with E-state index >= 15 is 0 Å². The van der Waals surface area contributed by atoms with Gasteiger partial charge in [-0.25, -0.2) is 4.39 Å². The summed E-state index contributed by atoms with van der Waals surface area (Å²) in [4.78, 5) is 0. The smallest absolute Gasteiger partial charge is 0.128 e. The highest BCUT2D eigenvalue weighted by atomic mass is 19.1. The van der Waals surface area contributed by atoms with Gasteiger partial charge >= 0.3 is 0 Å². The van der Waals surface area contributed by atoms with Crippen molar-refractivity contribution in [3.63, 3.8) is 0 Å². The topological polar surface area (TPSA) is 29.9 Å². The molecule has 2 aromatic rings. The van der Waals surface area contributed by atoms with E-state index in [1.54, 1.807) is 6.07 Å². The van der Waals surface area contributed by atoms with E-state index in [0.29, 0.717) is 0 Å². The van der Waals surface area contributed by atoms with E-state index < -0.39 is 0 Å². The SMILES string of the molecule is CNC(Cc1c(C)nn(C)c1C)c1c(C)cc(C)cc1F. The maximum Gasteiger partial charge on any atom is 0.128 e. The molecule has 21 heavy (non-hydrogen) atoms. The standard InChI is InChI=1S/C17H24FN3/c1-10-7-11(2)17(15(18)8-10)16(19-5)9-14-12(3)20-21(6)13(14)4/h7-8,16,19H,9H2,1-6H3. The molecule has 2 rings (SSSR count). The maximum atomic E-state index is 14.4. The molecule has 0 saturated heterocycles. The fourth-order valence-corrected chi connectivity index (χ4v) is 3.03. The van der Waals surface area contributed by atoms with Crippen molar-refractivity contribution in [3.05, 3.63) is 51.6 Å². The van der Waals surface area contributed by atoms with Crippen LogP contribution in [0.2, 0.25) is 0 Å². The molecule has 1 N–H and O–H groups in total. The Balaban J connectivity index is 2.41. The Morgan fingerprint density at radius 3 is 2.38 bits per heavy atom. The van der Waals surface area contributed by atoms with Crippen LogP contribution < -0.4 is 5.32 Å². The highest BCUT2D eigenvalue weighted by Crippen LogP contribution is 2.27. The minimum absolute atomic E-state index is 0.0489. The van der Waals surface area contributed by atoms with Crippen LogP contribution in [0.5, 0.6) is 0 Å². The van der Waals surface area contributed by atoms with E-state index in [4.69, 9.17) is 0 Å². The van der Waals surface area contributed by atoms with E-state index in [1.165, 1.54) is 5.56 Å². The molecular formula is C17H24FN3. The number of aryl methyl sites for hydroxylation is 4.